The molecule has 2 rings (SSSR count). The molecule has 0 aromatic carbocycles. The summed E-state index contributed by atoms with van der Waals surface area (Å²) in [6, 6.07) is 5.45. The summed E-state index contributed by atoms with van der Waals surface area (Å²) in [5.41, 5.74) is -0.410. The number of hydrogen-bond acceptors (Lipinski definition) is 5. The Morgan fingerprint density at radius 2 is 2.59 bits per heavy atom. The number of aromatic nitrogens is 1. The Morgan fingerprint density at radius 3 is 3.24 bits per heavy atom. The van der Waals surface area contributed by atoms with E-state index in [4.69, 9.17) is 10.00 Å². The molecule has 2 atom stereocenters. The van der Waals surface area contributed by atoms with E-state index >= 15 is 0 Å². The molecule has 0 spiro atoms. The van der Waals surface area contributed by atoms with Crippen molar-refractivity contribution in [3.05, 3.63) is 23.9 Å². The van der Waals surface area contributed by atoms with Gasteiger partial charge in [-0.05, 0) is 19.1 Å². The van der Waals surface area contributed by atoms with Crippen molar-refractivity contribution in [1.29, 1.82) is 5.26 Å². The van der Waals surface area contributed by atoms with E-state index in [-0.39, 0.29) is 6.10 Å². The van der Waals surface area contributed by atoms with Crippen LogP contribution in [-0.2, 0) is 4.74 Å². The third-order valence-corrected chi connectivity index (χ3v) is 3.15. The van der Waals surface area contributed by atoms with Crippen molar-refractivity contribution in [2.24, 2.45) is 0 Å². The average Bonchev–Trinajstić information content (AvgIpc) is 2.68. The van der Waals surface area contributed by atoms with E-state index in [1.807, 2.05) is 6.92 Å². The van der Waals surface area contributed by atoms with Crippen molar-refractivity contribution in [1.82, 2.24) is 4.98 Å². The molecule has 17 heavy (non-hydrogen) atoms. The lowest BCUT2D eigenvalue weighted by Gasteiger charge is -2.26. The quantitative estimate of drug-likeness (QED) is 0.811. The maximum atomic E-state index is 10.3. The fraction of sp³-hybridized carbons (Fsp3) is 0.500. The summed E-state index contributed by atoms with van der Waals surface area (Å²) in [6.07, 6.45) is 2.00. The fourth-order valence-electron chi connectivity index (χ4n) is 1.88. The van der Waals surface area contributed by atoms with E-state index in [0.29, 0.717) is 31.0 Å². The van der Waals surface area contributed by atoms with Crippen LogP contribution < -0.4 is 5.32 Å². The van der Waals surface area contributed by atoms with Gasteiger partial charge < -0.3 is 15.2 Å². The van der Waals surface area contributed by atoms with Crippen molar-refractivity contribution in [2.45, 2.75) is 25.0 Å². The largest absolute Gasteiger partial charge is 0.385 e. The summed E-state index contributed by atoms with van der Waals surface area (Å²) < 4.78 is 5.34. The number of pyridine rings is 1. The van der Waals surface area contributed by atoms with E-state index < -0.39 is 5.60 Å². The monoisotopic (exact) mass is 233 g/mol. The van der Waals surface area contributed by atoms with Crippen LogP contribution >= 0.6 is 0 Å². The van der Waals surface area contributed by atoms with Crippen molar-refractivity contribution in [2.75, 3.05) is 18.5 Å². The average molecular weight is 233 g/mol. The van der Waals surface area contributed by atoms with Gasteiger partial charge in [0.05, 0.1) is 11.7 Å². The fourth-order valence-corrected chi connectivity index (χ4v) is 1.88. The number of nitriles is 1. The first-order valence-electron chi connectivity index (χ1n) is 5.59. The normalized spacial score (nSPS) is 27.7. The van der Waals surface area contributed by atoms with Gasteiger partial charge in [0.15, 0.2) is 0 Å². The Bertz CT molecular complexity index is 444. The minimum absolute atomic E-state index is 0.204. The van der Waals surface area contributed by atoms with Crippen LogP contribution in [0.5, 0.6) is 0 Å². The first kappa shape index (κ1) is 11.8. The van der Waals surface area contributed by atoms with Crippen LogP contribution in [0.3, 0.4) is 0 Å². The molecule has 2 N–H and O–H groups in total. The van der Waals surface area contributed by atoms with E-state index in [0.717, 1.165) is 0 Å². The van der Waals surface area contributed by atoms with Gasteiger partial charge in [-0.2, -0.15) is 5.26 Å². The van der Waals surface area contributed by atoms with Crippen molar-refractivity contribution in [3.63, 3.8) is 0 Å². The minimum atomic E-state index is -0.885. The second-order valence-corrected chi connectivity index (χ2v) is 4.23. The maximum absolute atomic E-state index is 10.3. The minimum Gasteiger partial charge on any atom is -0.385 e. The van der Waals surface area contributed by atoms with Gasteiger partial charge in [-0.15, -0.1) is 0 Å². The highest BCUT2D eigenvalue weighted by atomic mass is 16.5. The van der Waals surface area contributed by atoms with Crippen LogP contribution in [0.25, 0.3) is 0 Å². The summed E-state index contributed by atoms with van der Waals surface area (Å²) >= 11 is 0. The second kappa shape index (κ2) is 4.70. The molecule has 5 heteroatoms. The topological polar surface area (TPSA) is 78.2 Å². The van der Waals surface area contributed by atoms with Gasteiger partial charge in [0.2, 0.25) is 0 Å². The molecular formula is C12H15N3O2. The van der Waals surface area contributed by atoms with Crippen molar-refractivity contribution < 1.29 is 9.84 Å². The predicted molar refractivity (Wildman–Crippen MR) is 62.4 cm³/mol. The van der Waals surface area contributed by atoms with Crippen LogP contribution in [-0.4, -0.2) is 34.9 Å². The van der Waals surface area contributed by atoms with E-state index in [1.165, 1.54) is 0 Å². The van der Waals surface area contributed by atoms with E-state index in [1.54, 1.807) is 18.3 Å². The molecule has 1 aliphatic heterocycles. The van der Waals surface area contributed by atoms with Crippen LogP contribution in [0.4, 0.5) is 5.82 Å². The zero-order chi connectivity index (χ0) is 12.3. The zero-order valence-corrected chi connectivity index (χ0v) is 9.68. The van der Waals surface area contributed by atoms with Gasteiger partial charge in [0.25, 0.3) is 0 Å². The summed E-state index contributed by atoms with van der Waals surface area (Å²) in [7, 11) is 0. The molecular weight excluding hydrogens is 218 g/mol. The Hall–Kier alpha value is -1.64. The zero-order valence-electron chi connectivity index (χ0n) is 9.68. The number of anilines is 1. The molecule has 2 heterocycles. The molecule has 1 fully saturated rings. The summed E-state index contributed by atoms with van der Waals surface area (Å²) in [4.78, 5) is 4.08. The molecule has 1 saturated heterocycles. The maximum Gasteiger partial charge on any atom is 0.143 e. The first-order valence-corrected chi connectivity index (χ1v) is 5.59. The molecule has 0 amide bonds. The lowest BCUT2D eigenvalue weighted by Crippen LogP contribution is -2.43. The number of nitrogens with zero attached hydrogens (tertiary/aromatic N) is 2. The number of rotatable bonds is 3. The van der Waals surface area contributed by atoms with Crippen molar-refractivity contribution >= 4 is 5.82 Å². The third-order valence-electron chi connectivity index (χ3n) is 3.15. The summed E-state index contributed by atoms with van der Waals surface area (Å²) in [5, 5.41) is 22.2. The number of ether oxygens (including phenoxy) is 1. The molecule has 90 valence electrons. The van der Waals surface area contributed by atoms with E-state index in [2.05, 4.69) is 16.4 Å². The lowest BCUT2D eigenvalue weighted by atomic mass is 9.97. The Kier molecular flexibility index (Phi) is 3.27. The van der Waals surface area contributed by atoms with Gasteiger partial charge in [-0.3, -0.25) is 0 Å². The summed E-state index contributed by atoms with van der Waals surface area (Å²) in [6.45, 7) is 2.74. The number of hydrogen-bond donors (Lipinski definition) is 2. The molecule has 0 aliphatic carbocycles. The Morgan fingerprint density at radius 1 is 1.76 bits per heavy atom. The van der Waals surface area contributed by atoms with Crippen molar-refractivity contribution in [3.8, 4) is 6.07 Å². The Labute approximate surface area is 100 Å². The highest BCUT2D eigenvalue weighted by Crippen LogP contribution is 2.26. The second-order valence-electron chi connectivity index (χ2n) is 4.23. The molecule has 1 aromatic rings. The molecule has 1 aromatic heterocycles. The van der Waals surface area contributed by atoms with Crippen LogP contribution in [0.1, 0.15) is 18.9 Å². The predicted octanol–water partition coefficient (Wildman–Crippen LogP) is 0.905. The number of nitrogens with one attached hydrogen (secondary N) is 1. The molecule has 1 aliphatic rings. The van der Waals surface area contributed by atoms with Gasteiger partial charge in [-0.25, -0.2) is 4.98 Å². The van der Waals surface area contributed by atoms with Gasteiger partial charge in [0, 0.05) is 25.8 Å². The highest BCUT2D eigenvalue weighted by Gasteiger charge is 2.39. The molecule has 2 unspecified atom stereocenters. The smallest absolute Gasteiger partial charge is 0.143 e. The lowest BCUT2D eigenvalue weighted by molar-refractivity contribution is -0.0176. The summed E-state index contributed by atoms with van der Waals surface area (Å²) in [5.74, 6) is 0.502. The Balaban J connectivity index is 2.05. The van der Waals surface area contributed by atoms with Crippen LogP contribution in [0.15, 0.2) is 18.3 Å². The van der Waals surface area contributed by atoms with Gasteiger partial charge in [0.1, 0.15) is 17.5 Å². The molecule has 0 bridgehead atoms. The first-order chi connectivity index (χ1) is 8.15. The SMILES string of the molecule is CC1OCCC1(O)CNc1ncccc1C#N. The third kappa shape index (κ3) is 2.38. The van der Waals surface area contributed by atoms with E-state index in [9.17, 15) is 5.11 Å². The standard InChI is InChI=1S/C12H15N3O2/c1-9-12(16,4-6-17-9)8-15-11-10(7-13)3-2-5-14-11/h2-3,5,9,16H,4,6,8H2,1H3,(H,14,15). The van der Waals surface area contributed by atoms with Gasteiger partial charge in [-0.1, -0.05) is 0 Å². The van der Waals surface area contributed by atoms with Crippen LogP contribution in [0.2, 0.25) is 0 Å². The van der Waals surface area contributed by atoms with Crippen LogP contribution in [0, 0.1) is 11.3 Å². The van der Waals surface area contributed by atoms with Gasteiger partial charge >= 0.3 is 0 Å². The number of aliphatic hydroxyl groups is 1. The molecule has 0 radical (unpaired) electrons. The molecule has 5 nitrogen and oxygen atoms in total. The molecule has 0 saturated carbocycles. The highest BCUT2D eigenvalue weighted by molar-refractivity contribution is 5.51.